The molecule has 1 amide bonds. The highest BCUT2D eigenvalue weighted by Crippen LogP contribution is 2.33. The van der Waals surface area contributed by atoms with E-state index < -0.39 is 15.9 Å². The summed E-state index contributed by atoms with van der Waals surface area (Å²) in [5, 5.41) is -0.349. The lowest BCUT2D eigenvalue weighted by molar-refractivity contribution is -0.115. The first-order valence-corrected chi connectivity index (χ1v) is 5.99. The lowest BCUT2D eigenvalue weighted by Gasteiger charge is -2.01. The summed E-state index contributed by atoms with van der Waals surface area (Å²) in [6.45, 7) is 3.51. The molecule has 0 aromatic carbocycles. The molecule has 5 heteroatoms. The predicted molar refractivity (Wildman–Crippen MR) is 51.9 cm³/mol. The largest absolute Gasteiger partial charge is 0.269 e. The molecule has 2 aliphatic rings. The summed E-state index contributed by atoms with van der Waals surface area (Å²) < 4.78 is 24.8. The fourth-order valence-electron chi connectivity index (χ4n) is 1.22. The number of nitrogens with one attached hydrogen (secondary N) is 1. The van der Waals surface area contributed by atoms with E-state index in [1.165, 1.54) is 0 Å². The third-order valence-corrected chi connectivity index (χ3v) is 4.17. The van der Waals surface area contributed by atoms with Crippen molar-refractivity contribution in [3.05, 3.63) is 23.8 Å². The Bertz CT molecular complexity index is 429. The zero-order valence-electron chi connectivity index (χ0n) is 7.62. The van der Waals surface area contributed by atoms with Gasteiger partial charge in [0.1, 0.15) is 0 Å². The molecule has 0 spiro atoms. The maximum absolute atomic E-state index is 11.4. The molecule has 0 atom stereocenters. The average Bonchev–Trinajstić information content (AvgIpc) is 2.98. The third kappa shape index (κ3) is 1.72. The highest BCUT2D eigenvalue weighted by molar-refractivity contribution is 7.91. The number of carbonyl (C=O) groups is 1. The van der Waals surface area contributed by atoms with Crippen LogP contribution >= 0.6 is 0 Å². The average molecular weight is 213 g/mol. The van der Waals surface area contributed by atoms with Gasteiger partial charge < -0.3 is 0 Å². The smallest absolute Gasteiger partial charge is 0.261 e. The summed E-state index contributed by atoms with van der Waals surface area (Å²) in [5.41, 5.74) is 1.39. The van der Waals surface area contributed by atoms with Gasteiger partial charge in [0, 0.05) is 12.0 Å². The van der Waals surface area contributed by atoms with Crippen LogP contribution in [0.25, 0.3) is 0 Å². The molecule has 0 aromatic heterocycles. The molecule has 0 bridgehead atoms. The topological polar surface area (TPSA) is 63.2 Å². The lowest BCUT2D eigenvalue weighted by atomic mass is 10.5. The second-order valence-corrected chi connectivity index (χ2v) is 5.52. The number of rotatable bonds is 4. The van der Waals surface area contributed by atoms with Gasteiger partial charge in [0.25, 0.3) is 5.91 Å². The van der Waals surface area contributed by atoms with Crippen LogP contribution in [0.3, 0.4) is 0 Å². The summed E-state index contributed by atoms with van der Waals surface area (Å²) in [4.78, 5) is 11.3. The minimum absolute atomic E-state index is 0.349. The Hall–Kier alpha value is -1.10. The van der Waals surface area contributed by atoms with E-state index in [1.807, 2.05) is 0 Å². The minimum atomic E-state index is -3.39. The minimum Gasteiger partial charge on any atom is -0.269 e. The van der Waals surface area contributed by atoms with Crippen LogP contribution < -0.4 is 4.72 Å². The van der Waals surface area contributed by atoms with E-state index in [0.717, 1.165) is 5.57 Å². The van der Waals surface area contributed by atoms with Crippen molar-refractivity contribution >= 4 is 15.9 Å². The van der Waals surface area contributed by atoms with E-state index in [2.05, 4.69) is 11.3 Å². The maximum Gasteiger partial charge on any atom is 0.261 e. The molecule has 0 saturated heterocycles. The Morgan fingerprint density at radius 2 is 2.14 bits per heavy atom. The van der Waals surface area contributed by atoms with E-state index in [-0.39, 0.29) is 5.25 Å². The zero-order valence-corrected chi connectivity index (χ0v) is 8.43. The molecular weight excluding hydrogens is 202 g/mol. The Morgan fingerprint density at radius 3 is 2.57 bits per heavy atom. The number of allylic oxidation sites excluding steroid dienone is 2. The first-order valence-electron chi connectivity index (χ1n) is 4.45. The molecule has 2 aliphatic carbocycles. The summed E-state index contributed by atoms with van der Waals surface area (Å²) in [7, 11) is -3.39. The highest BCUT2D eigenvalue weighted by Gasteiger charge is 2.38. The van der Waals surface area contributed by atoms with E-state index in [9.17, 15) is 13.2 Å². The van der Waals surface area contributed by atoms with Crippen molar-refractivity contribution in [1.82, 2.24) is 4.72 Å². The van der Waals surface area contributed by atoms with Crippen molar-refractivity contribution in [3.63, 3.8) is 0 Å². The van der Waals surface area contributed by atoms with E-state index in [0.29, 0.717) is 24.8 Å². The summed E-state index contributed by atoms with van der Waals surface area (Å²) in [5.74, 6) is -0.480. The summed E-state index contributed by atoms with van der Waals surface area (Å²) in [6.07, 6.45) is 3.47. The van der Waals surface area contributed by atoms with Crippen molar-refractivity contribution < 1.29 is 13.2 Å². The van der Waals surface area contributed by atoms with Crippen molar-refractivity contribution in [2.24, 2.45) is 0 Å². The second kappa shape index (κ2) is 2.95. The molecule has 0 radical (unpaired) electrons. The predicted octanol–water partition coefficient (Wildman–Crippen LogP) is 0.481. The number of amides is 1. The molecular formula is C9H11NO3S. The third-order valence-electron chi connectivity index (χ3n) is 2.35. The maximum atomic E-state index is 11.4. The van der Waals surface area contributed by atoms with Gasteiger partial charge in [0.05, 0.1) is 5.25 Å². The van der Waals surface area contributed by atoms with Crippen LogP contribution in [0.5, 0.6) is 0 Å². The molecule has 1 N–H and O–H groups in total. The highest BCUT2D eigenvalue weighted by atomic mass is 32.2. The van der Waals surface area contributed by atoms with E-state index in [1.54, 1.807) is 6.08 Å². The van der Waals surface area contributed by atoms with Crippen LogP contribution in [0, 0.1) is 0 Å². The van der Waals surface area contributed by atoms with Crippen molar-refractivity contribution in [3.8, 4) is 0 Å². The Morgan fingerprint density at radius 1 is 1.50 bits per heavy atom. The molecule has 1 saturated carbocycles. The Labute approximate surface area is 82.7 Å². The van der Waals surface area contributed by atoms with Crippen LogP contribution in [0.4, 0.5) is 0 Å². The van der Waals surface area contributed by atoms with Gasteiger partial charge in [-0.15, -0.1) is 0 Å². The van der Waals surface area contributed by atoms with E-state index in [4.69, 9.17) is 0 Å². The number of hydrogen-bond donors (Lipinski definition) is 1. The number of carbonyl (C=O) groups excluding carboxylic acids is 1. The van der Waals surface area contributed by atoms with Gasteiger partial charge in [0.15, 0.2) is 0 Å². The first kappa shape index (κ1) is 9.45. The van der Waals surface area contributed by atoms with E-state index >= 15 is 0 Å². The van der Waals surface area contributed by atoms with Crippen LogP contribution in [0.2, 0.25) is 0 Å². The molecule has 0 aliphatic heterocycles. The fraction of sp³-hybridized carbons (Fsp3) is 0.444. The monoisotopic (exact) mass is 213 g/mol. The molecule has 4 nitrogen and oxygen atoms in total. The molecule has 0 unspecified atom stereocenters. The summed E-state index contributed by atoms with van der Waals surface area (Å²) in [6, 6.07) is 0. The van der Waals surface area contributed by atoms with Crippen LogP contribution in [-0.4, -0.2) is 19.6 Å². The molecule has 76 valence electrons. The lowest BCUT2D eigenvalue weighted by Crippen LogP contribution is -2.32. The van der Waals surface area contributed by atoms with Crippen LogP contribution in [0.1, 0.15) is 19.3 Å². The van der Waals surface area contributed by atoms with Crippen LogP contribution in [-0.2, 0) is 14.8 Å². The Balaban J connectivity index is 2.02. The first-order chi connectivity index (χ1) is 6.54. The molecule has 0 heterocycles. The van der Waals surface area contributed by atoms with Gasteiger partial charge in [-0.05, 0) is 18.4 Å². The van der Waals surface area contributed by atoms with Gasteiger partial charge in [-0.1, -0.05) is 12.7 Å². The Kier molecular flexibility index (Phi) is 1.99. The quantitative estimate of drug-likeness (QED) is 0.738. The van der Waals surface area contributed by atoms with Gasteiger partial charge >= 0.3 is 0 Å². The molecule has 1 fully saturated rings. The van der Waals surface area contributed by atoms with Crippen molar-refractivity contribution in [2.45, 2.75) is 24.5 Å². The van der Waals surface area contributed by atoms with Gasteiger partial charge in [-0.3, -0.25) is 4.79 Å². The standard InChI is InChI=1S/C9H11NO3S/c1-2-6-5-8(6)9(11)10-14(12,13)7-3-4-7/h2,7H,1,3-5H2,(H,10,11). The van der Waals surface area contributed by atoms with Gasteiger partial charge in [-0.25, -0.2) is 13.1 Å². The molecule has 0 aromatic rings. The van der Waals surface area contributed by atoms with Gasteiger partial charge in [0.2, 0.25) is 10.0 Å². The fourth-order valence-corrected chi connectivity index (χ4v) is 2.53. The molecule has 2 rings (SSSR count). The normalized spacial score (nSPS) is 20.6. The van der Waals surface area contributed by atoms with Crippen LogP contribution in [0.15, 0.2) is 23.8 Å². The second-order valence-electron chi connectivity index (χ2n) is 3.56. The van der Waals surface area contributed by atoms with Gasteiger partial charge in [-0.2, -0.15) is 0 Å². The number of sulfonamides is 1. The molecule has 14 heavy (non-hydrogen) atoms. The summed E-state index contributed by atoms with van der Waals surface area (Å²) >= 11 is 0. The number of hydrogen-bond acceptors (Lipinski definition) is 3. The zero-order chi connectivity index (χ0) is 10.3. The SMILES string of the molecule is C=CC1=C(C(=O)NS(=O)(=O)C2CC2)C1. The van der Waals surface area contributed by atoms with Crippen molar-refractivity contribution in [2.75, 3.05) is 0 Å². The van der Waals surface area contributed by atoms with Crippen molar-refractivity contribution in [1.29, 1.82) is 0 Å².